The molecule has 0 saturated heterocycles. The summed E-state index contributed by atoms with van der Waals surface area (Å²) < 4.78 is 30.8. The first-order chi connectivity index (χ1) is 8.40. The Morgan fingerprint density at radius 2 is 2.00 bits per heavy atom. The van der Waals surface area contributed by atoms with Crippen molar-refractivity contribution >= 4 is 33.4 Å². The van der Waals surface area contributed by atoms with Crippen LogP contribution in [0.2, 0.25) is 5.02 Å². The second-order valence-electron chi connectivity index (χ2n) is 3.32. The molecule has 0 aliphatic carbocycles. The molecule has 0 spiro atoms. The number of para-hydroxylation sites is 1. The van der Waals surface area contributed by atoms with Gasteiger partial charge in [-0.25, -0.2) is 4.79 Å². The summed E-state index contributed by atoms with van der Waals surface area (Å²) in [5.74, 6) is -1.28. The first-order valence-electron chi connectivity index (χ1n) is 4.69. The van der Waals surface area contributed by atoms with Crippen molar-refractivity contribution in [2.24, 2.45) is 10.1 Å². The maximum atomic E-state index is 11.7. The Morgan fingerprint density at radius 3 is 2.56 bits per heavy atom. The number of carbonyl (C=O) groups is 1. The Hall–Kier alpha value is -1.86. The Balaban J connectivity index is 2.26. The summed E-state index contributed by atoms with van der Waals surface area (Å²) in [5.41, 5.74) is 5.22. The second-order valence-corrected chi connectivity index (χ2v) is 5.30. The number of rotatable bonds is 2. The average Bonchev–Trinajstić information content (AvgIpc) is 2.55. The maximum absolute atomic E-state index is 11.7. The molecular weight excluding hydrogens is 280 g/mol. The molecule has 1 aromatic carbocycles. The minimum Gasteiger partial charge on any atom is -0.421 e. The molecule has 0 saturated carbocycles. The molecule has 18 heavy (non-hydrogen) atoms. The molecule has 1 aromatic rings. The van der Waals surface area contributed by atoms with Crippen molar-refractivity contribution < 1.29 is 17.9 Å². The number of carbonyl (C=O) groups excluding carboxylic acids is 1. The lowest BCUT2D eigenvalue weighted by molar-refractivity contribution is -0.129. The molecule has 2 N–H and O–H groups in total. The number of benzene rings is 1. The molecule has 0 bridgehead atoms. The maximum Gasteiger partial charge on any atom is 0.357 e. The predicted molar refractivity (Wildman–Crippen MR) is 65.7 cm³/mol. The average molecular weight is 287 g/mol. The van der Waals surface area contributed by atoms with E-state index in [1.54, 1.807) is 12.1 Å². The highest BCUT2D eigenvalue weighted by Crippen LogP contribution is 2.25. The van der Waals surface area contributed by atoms with Gasteiger partial charge < -0.3 is 10.5 Å². The summed E-state index contributed by atoms with van der Waals surface area (Å²) in [6.07, 6.45) is 0.939. The fourth-order valence-corrected chi connectivity index (χ4v) is 2.39. The van der Waals surface area contributed by atoms with Crippen LogP contribution >= 0.6 is 11.6 Å². The topological polar surface area (TPSA) is 98.8 Å². The summed E-state index contributed by atoms with van der Waals surface area (Å²) in [6.45, 7) is 0. The van der Waals surface area contributed by atoms with E-state index in [0.717, 1.165) is 6.08 Å². The third kappa shape index (κ3) is 2.36. The van der Waals surface area contributed by atoms with Gasteiger partial charge in [-0.2, -0.15) is 8.42 Å². The van der Waals surface area contributed by atoms with E-state index in [4.69, 9.17) is 22.1 Å². The van der Waals surface area contributed by atoms with Crippen LogP contribution in [0.1, 0.15) is 0 Å². The highest BCUT2D eigenvalue weighted by molar-refractivity contribution is 7.95. The molecule has 0 unspecified atom stereocenters. The number of nitrogens with zero attached hydrogens (tertiary/aromatic N) is 1. The molecule has 1 aliphatic rings. The molecule has 8 heteroatoms. The van der Waals surface area contributed by atoms with Gasteiger partial charge in [-0.05, 0) is 12.1 Å². The van der Waals surface area contributed by atoms with E-state index < -0.39 is 20.9 Å². The molecule has 2 rings (SSSR count). The van der Waals surface area contributed by atoms with Gasteiger partial charge >= 0.3 is 5.97 Å². The summed E-state index contributed by atoms with van der Waals surface area (Å²) in [5, 5.41) is 0.190. The van der Waals surface area contributed by atoms with Crippen LogP contribution in [0.15, 0.2) is 39.6 Å². The van der Waals surface area contributed by atoms with Crippen molar-refractivity contribution in [3.63, 3.8) is 0 Å². The minimum absolute atomic E-state index is 0.0609. The first-order valence-corrected chi connectivity index (χ1v) is 6.51. The van der Waals surface area contributed by atoms with Gasteiger partial charge in [0.1, 0.15) is 11.6 Å². The van der Waals surface area contributed by atoms with E-state index in [2.05, 4.69) is 4.40 Å². The van der Waals surface area contributed by atoms with Crippen molar-refractivity contribution in [2.75, 3.05) is 0 Å². The van der Waals surface area contributed by atoms with E-state index in [9.17, 15) is 13.2 Å². The zero-order valence-corrected chi connectivity index (χ0v) is 10.4. The van der Waals surface area contributed by atoms with Crippen LogP contribution in [-0.2, 0) is 14.8 Å². The van der Waals surface area contributed by atoms with Crippen LogP contribution in [0.4, 0.5) is 0 Å². The number of sulfonamides is 1. The Morgan fingerprint density at radius 1 is 1.33 bits per heavy atom. The molecule has 0 atom stereocenters. The number of halogens is 1. The Labute approximate surface area is 108 Å². The first kappa shape index (κ1) is 12.6. The van der Waals surface area contributed by atoms with Crippen LogP contribution in [0.25, 0.3) is 0 Å². The monoisotopic (exact) mass is 286 g/mol. The minimum atomic E-state index is -4.06. The van der Waals surface area contributed by atoms with Crippen molar-refractivity contribution in [2.45, 2.75) is 0 Å². The van der Waals surface area contributed by atoms with Gasteiger partial charge in [0.2, 0.25) is 0 Å². The molecule has 0 amide bonds. The number of esters is 1. The van der Waals surface area contributed by atoms with Crippen LogP contribution in [0.3, 0.4) is 0 Å². The number of hydrogen-bond donors (Lipinski definition) is 1. The second kappa shape index (κ2) is 4.43. The summed E-state index contributed by atoms with van der Waals surface area (Å²) >= 11 is 5.78. The van der Waals surface area contributed by atoms with Crippen LogP contribution in [0.5, 0.6) is 5.75 Å². The van der Waals surface area contributed by atoms with E-state index in [0.29, 0.717) is 0 Å². The normalized spacial score (nSPS) is 16.9. The molecule has 1 heterocycles. The Bertz CT molecular complexity index is 679. The van der Waals surface area contributed by atoms with Crippen LogP contribution < -0.4 is 10.5 Å². The van der Waals surface area contributed by atoms with Gasteiger partial charge in [0.25, 0.3) is 10.0 Å². The van der Waals surface area contributed by atoms with Crippen LogP contribution in [0, 0.1) is 0 Å². The van der Waals surface area contributed by atoms with Crippen LogP contribution in [-0.4, -0.2) is 20.2 Å². The number of amidine groups is 1. The third-order valence-corrected chi connectivity index (χ3v) is 3.63. The zero-order chi connectivity index (χ0) is 13.3. The molecular formula is C10H7ClN2O4S. The van der Waals surface area contributed by atoms with Gasteiger partial charge in [-0.3, -0.25) is 0 Å². The van der Waals surface area contributed by atoms with Crippen molar-refractivity contribution in [3.8, 4) is 5.75 Å². The van der Waals surface area contributed by atoms with E-state index in [-0.39, 0.29) is 16.6 Å². The number of hydrogen-bond acceptors (Lipinski definition) is 5. The summed E-state index contributed by atoms with van der Waals surface area (Å²) in [4.78, 5) is 11.1. The number of nitrogens with two attached hydrogens (primary N) is 1. The molecule has 0 aromatic heterocycles. The van der Waals surface area contributed by atoms with E-state index in [1.807, 2.05) is 0 Å². The predicted octanol–water partition coefficient (Wildman–Crippen LogP) is 0.830. The quantitative estimate of drug-likeness (QED) is 0.641. The molecule has 94 valence electrons. The third-order valence-electron chi connectivity index (χ3n) is 2.02. The number of ether oxygens (including phenoxy) is 1. The molecule has 6 nitrogen and oxygen atoms in total. The summed E-state index contributed by atoms with van der Waals surface area (Å²) in [7, 11) is -4.06. The largest absolute Gasteiger partial charge is 0.421 e. The fraction of sp³-hybridized carbons (Fsp3) is 0. The SMILES string of the molecule is NC1=NS(=O)(=O)C(C(=O)Oc2ccccc2Cl)=C1. The lowest BCUT2D eigenvalue weighted by Crippen LogP contribution is -2.15. The fourth-order valence-electron chi connectivity index (χ4n) is 1.26. The van der Waals surface area contributed by atoms with Gasteiger partial charge in [-0.15, -0.1) is 4.40 Å². The van der Waals surface area contributed by atoms with Gasteiger partial charge in [-0.1, -0.05) is 23.7 Å². The standard InChI is InChI=1S/C10H7ClN2O4S/c11-6-3-1-2-4-7(6)17-10(14)8-5-9(12)13-18(8,15)16/h1-5H,(H2,12,13). The van der Waals surface area contributed by atoms with Crippen molar-refractivity contribution in [3.05, 3.63) is 40.3 Å². The van der Waals surface area contributed by atoms with E-state index >= 15 is 0 Å². The van der Waals surface area contributed by atoms with Gasteiger partial charge in [0.15, 0.2) is 4.91 Å². The van der Waals surface area contributed by atoms with Crippen molar-refractivity contribution in [1.82, 2.24) is 0 Å². The van der Waals surface area contributed by atoms with Gasteiger partial charge in [0.05, 0.1) is 5.02 Å². The highest BCUT2D eigenvalue weighted by atomic mass is 35.5. The van der Waals surface area contributed by atoms with Gasteiger partial charge in [0, 0.05) is 6.08 Å². The molecule has 1 aliphatic heterocycles. The zero-order valence-electron chi connectivity index (χ0n) is 8.83. The van der Waals surface area contributed by atoms with E-state index in [1.165, 1.54) is 12.1 Å². The molecule has 0 fully saturated rings. The lowest BCUT2D eigenvalue weighted by atomic mass is 10.3. The lowest BCUT2D eigenvalue weighted by Gasteiger charge is -2.05. The smallest absolute Gasteiger partial charge is 0.357 e. The van der Waals surface area contributed by atoms with Crippen molar-refractivity contribution in [1.29, 1.82) is 0 Å². The molecule has 0 radical (unpaired) electrons. The Kier molecular flexibility index (Phi) is 3.10. The summed E-state index contributed by atoms with van der Waals surface area (Å²) in [6, 6.07) is 6.18. The highest BCUT2D eigenvalue weighted by Gasteiger charge is 2.31.